The lowest BCUT2D eigenvalue weighted by Gasteiger charge is -2.22. The van der Waals surface area contributed by atoms with Crippen molar-refractivity contribution in [1.82, 2.24) is 10.6 Å². The minimum Gasteiger partial charge on any atom is -0.369 e. The van der Waals surface area contributed by atoms with Crippen molar-refractivity contribution in [3.05, 3.63) is 47.7 Å². The molecule has 1 fully saturated rings. The number of carbonyl (C=O) groups excluding carboxylic acids is 1. The zero-order valence-corrected chi connectivity index (χ0v) is 11.4. The molecule has 2 rings (SSSR count). The van der Waals surface area contributed by atoms with Gasteiger partial charge in [0.25, 0.3) is 0 Å². The van der Waals surface area contributed by atoms with E-state index in [-0.39, 0.29) is 17.0 Å². The van der Waals surface area contributed by atoms with Crippen LogP contribution in [0.3, 0.4) is 0 Å². The second-order valence-corrected chi connectivity index (χ2v) is 5.79. The van der Waals surface area contributed by atoms with Crippen molar-refractivity contribution in [3.8, 4) is 0 Å². The van der Waals surface area contributed by atoms with Gasteiger partial charge >= 0.3 is 0 Å². The Kier molecular flexibility index (Phi) is 3.03. The first-order valence-corrected chi connectivity index (χ1v) is 6.19. The molecule has 96 valence electrons. The molecule has 1 heterocycles. The van der Waals surface area contributed by atoms with Crippen molar-refractivity contribution in [1.29, 1.82) is 0 Å². The van der Waals surface area contributed by atoms with E-state index in [1.165, 1.54) is 0 Å². The maximum atomic E-state index is 12.2. The van der Waals surface area contributed by atoms with E-state index in [1.54, 1.807) is 6.08 Å². The zero-order chi connectivity index (χ0) is 13.4. The average Bonchev–Trinajstić information content (AvgIpc) is 2.48. The zero-order valence-electron chi connectivity index (χ0n) is 11.4. The molecule has 0 unspecified atom stereocenters. The molecule has 0 radical (unpaired) electrons. The summed E-state index contributed by atoms with van der Waals surface area (Å²) in [5.74, 6) is 0.0330. The highest BCUT2D eigenvalue weighted by atomic mass is 16.1. The van der Waals surface area contributed by atoms with Crippen molar-refractivity contribution in [2.24, 2.45) is 0 Å². The van der Waals surface area contributed by atoms with Crippen LogP contribution in [-0.4, -0.2) is 17.0 Å². The third-order valence-corrected chi connectivity index (χ3v) is 3.08. The maximum absolute atomic E-state index is 12.2. The SMILES string of the molecule is CC1(C)NC(=CC(=O)c2ccccc2)C(C)(C)N1. The standard InChI is InChI=1S/C15H20N2O/c1-14(2)13(16-15(3,4)17-14)10-12(18)11-8-6-5-7-9-11/h5-10,16-17H,1-4H3. The largest absolute Gasteiger partial charge is 0.369 e. The minimum absolute atomic E-state index is 0.0330. The van der Waals surface area contributed by atoms with Crippen LogP contribution in [0.4, 0.5) is 0 Å². The van der Waals surface area contributed by atoms with E-state index in [0.29, 0.717) is 5.56 Å². The second-order valence-electron chi connectivity index (χ2n) is 5.79. The van der Waals surface area contributed by atoms with E-state index >= 15 is 0 Å². The van der Waals surface area contributed by atoms with E-state index in [2.05, 4.69) is 38.3 Å². The number of ketones is 1. The topological polar surface area (TPSA) is 41.1 Å². The van der Waals surface area contributed by atoms with Crippen LogP contribution in [0.25, 0.3) is 0 Å². The quantitative estimate of drug-likeness (QED) is 0.620. The van der Waals surface area contributed by atoms with E-state index < -0.39 is 0 Å². The molecule has 0 bridgehead atoms. The lowest BCUT2D eigenvalue weighted by Crippen LogP contribution is -2.46. The summed E-state index contributed by atoms with van der Waals surface area (Å²) in [6.45, 7) is 8.25. The van der Waals surface area contributed by atoms with Crippen LogP contribution in [0.15, 0.2) is 42.1 Å². The lowest BCUT2D eigenvalue weighted by molar-refractivity contribution is 0.104. The molecule has 1 saturated heterocycles. The fraction of sp³-hybridized carbons (Fsp3) is 0.400. The number of carbonyl (C=O) groups is 1. The first-order chi connectivity index (χ1) is 8.30. The van der Waals surface area contributed by atoms with Crippen molar-refractivity contribution >= 4 is 5.78 Å². The van der Waals surface area contributed by atoms with Gasteiger partial charge in [0.2, 0.25) is 0 Å². The van der Waals surface area contributed by atoms with Gasteiger partial charge in [0.05, 0.1) is 11.2 Å². The Balaban J connectivity index is 2.27. The predicted molar refractivity (Wildman–Crippen MR) is 73.3 cm³/mol. The Labute approximate surface area is 108 Å². The second kappa shape index (κ2) is 4.25. The van der Waals surface area contributed by atoms with E-state index in [0.717, 1.165) is 5.70 Å². The van der Waals surface area contributed by atoms with Crippen LogP contribution in [0.2, 0.25) is 0 Å². The van der Waals surface area contributed by atoms with Gasteiger partial charge in [0.15, 0.2) is 5.78 Å². The Hall–Kier alpha value is -1.61. The fourth-order valence-electron chi connectivity index (χ4n) is 2.41. The molecule has 1 aromatic rings. The third-order valence-electron chi connectivity index (χ3n) is 3.08. The van der Waals surface area contributed by atoms with E-state index in [4.69, 9.17) is 0 Å². The Bertz CT molecular complexity index is 486. The highest BCUT2D eigenvalue weighted by Gasteiger charge is 2.39. The maximum Gasteiger partial charge on any atom is 0.187 e. The van der Waals surface area contributed by atoms with Gasteiger partial charge in [-0.25, -0.2) is 0 Å². The van der Waals surface area contributed by atoms with Gasteiger partial charge < -0.3 is 5.32 Å². The van der Waals surface area contributed by atoms with Crippen molar-refractivity contribution in [2.45, 2.75) is 38.9 Å². The fourth-order valence-corrected chi connectivity index (χ4v) is 2.41. The third kappa shape index (κ3) is 2.62. The van der Waals surface area contributed by atoms with Gasteiger partial charge in [-0.2, -0.15) is 0 Å². The van der Waals surface area contributed by atoms with Crippen LogP contribution in [0.1, 0.15) is 38.1 Å². The van der Waals surface area contributed by atoms with Crippen LogP contribution >= 0.6 is 0 Å². The summed E-state index contributed by atoms with van der Waals surface area (Å²) >= 11 is 0. The molecule has 0 aliphatic carbocycles. The van der Waals surface area contributed by atoms with Gasteiger partial charge in [-0.3, -0.25) is 10.1 Å². The van der Waals surface area contributed by atoms with E-state index in [1.807, 2.05) is 30.3 Å². The molecule has 0 aromatic heterocycles. The minimum atomic E-state index is -0.214. The highest BCUT2D eigenvalue weighted by molar-refractivity contribution is 6.05. The number of hydrogen-bond acceptors (Lipinski definition) is 3. The summed E-state index contributed by atoms with van der Waals surface area (Å²) in [7, 11) is 0. The molecule has 18 heavy (non-hydrogen) atoms. The number of allylic oxidation sites excluding steroid dienone is 1. The van der Waals surface area contributed by atoms with Crippen molar-refractivity contribution in [2.75, 3.05) is 0 Å². The first-order valence-electron chi connectivity index (χ1n) is 6.19. The van der Waals surface area contributed by atoms with Crippen LogP contribution in [0, 0.1) is 0 Å². The predicted octanol–water partition coefficient (Wildman–Crippen LogP) is 2.46. The molecule has 0 atom stereocenters. The normalized spacial score (nSPS) is 22.8. The molecule has 1 aliphatic heterocycles. The number of hydrogen-bond donors (Lipinski definition) is 2. The Morgan fingerprint density at radius 2 is 1.72 bits per heavy atom. The Morgan fingerprint density at radius 3 is 2.22 bits per heavy atom. The molecule has 2 N–H and O–H groups in total. The summed E-state index contributed by atoms with van der Waals surface area (Å²) in [6, 6.07) is 9.33. The monoisotopic (exact) mass is 244 g/mol. The van der Waals surface area contributed by atoms with Crippen molar-refractivity contribution < 1.29 is 4.79 Å². The molecule has 0 amide bonds. The van der Waals surface area contributed by atoms with Gasteiger partial charge in [0, 0.05) is 17.3 Å². The van der Waals surface area contributed by atoms with Crippen molar-refractivity contribution in [3.63, 3.8) is 0 Å². The summed E-state index contributed by atoms with van der Waals surface area (Å²) < 4.78 is 0. The molecule has 1 aliphatic rings. The van der Waals surface area contributed by atoms with Gasteiger partial charge in [-0.1, -0.05) is 30.3 Å². The number of nitrogens with one attached hydrogen (secondary N) is 2. The van der Waals surface area contributed by atoms with Crippen LogP contribution in [-0.2, 0) is 0 Å². The molecule has 3 heteroatoms. The van der Waals surface area contributed by atoms with E-state index in [9.17, 15) is 4.79 Å². The molecule has 3 nitrogen and oxygen atoms in total. The average molecular weight is 244 g/mol. The molecule has 0 spiro atoms. The first kappa shape index (κ1) is 12.8. The summed E-state index contributed by atoms with van der Waals surface area (Å²) in [5.41, 5.74) is 1.24. The Morgan fingerprint density at radius 1 is 1.11 bits per heavy atom. The molecular weight excluding hydrogens is 224 g/mol. The van der Waals surface area contributed by atoms with Crippen LogP contribution < -0.4 is 10.6 Å². The van der Waals surface area contributed by atoms with Crippen LogP contribution in [0.5, 0.6) is 0 Å². The molecular formula is C15H20N2O. The summed E-state index contributed by atoms with van der Waals surface area (Å²) in [4.78, 5) is 12.2. The lowest BCUT2D eigenvalue weighted by atomic mass is 10.00. The molecule has 0 saturated carbocycles. The number of rotatable bonds is 2. The molecule has 1 aromatic carbocycles. The highest BCUT2D eigenvalue weighted by Crippen LogP contribution is 2.26. The summed E-state index contributed by atoms with van der Waals surface area (Å²) in [5, 5.41) is 6.80. The smallest absolute Gasteiger partial charge is 0.187 e. The van der Waals surface area contributed by atoms with Gasteiger partial charge in [-0.05, 0) is 27.7 Å². The number of benzene rings is 1. The van der Waals surface area contributed by atoms with Gasteiger partial charge in [0.1, 0.15) is 0 Å². The summed E-state index contributed by atoms with van der Waals surface area (Å²) in [6.07, 6.45) is 1.69. The van der Waals surface area contributed by atoms with Gasteiger partial charge in [-0.15, -0.1) is 0 Å².